The van der Waals surface area contributed by atoms with Gasteiger partial charge in [0.1, 0.15) is 0 Å². The molecule has 0 spiro atoms. The highest BCUT2D eigenvalue weighted by Crippen LogP contribution is 2.39. The number of anilines is 2. The molecule has 0 amide bonds. The maximum absolute atomic E-state index is 5.98. The molecule has 0 aliphatic heterocycles. The predicted octanol–water partition coefficient (Wildman–Crippen LogP) is 3.90. The lowest BCUT2D eigenvalue weighted by Crippen LogP contribution is -2.35. The molecule has 2 nitrogen and oxygen atoms in total. The van der Waals surface area contributed by atoms with Crippen LogP contribution in [0, 0.1) is 11.3 Å². The largest absolute Gasteiger partial charge is 0.397 e. The standard InChI is InChI=1S/C15H24N2/c1-11-8-12(10-15(2,3)9-11)17-14-7-5-4-6-13(14)16/h4-7,11-12,17H,8-10,16H2,1-3H3/t11-,12+/m1/s1. The van der Waals surface area contributed by atoms with Gasteiger partial charge >= 0.3 is 0 Å². The minimum Gasteiger partial charge on any atom is -0.397 e. The summed E-state index contributed by atoms with van der Waals surface area (Å²) in [7, 11) is 0. The monoisotopic (exact) mass is 232 g/mol. The zero-order valence-corrected chi connectivity index (χ0v) is 11.2. The summed E-state index contributed by atoms with van der Waals surface area (Å²) in [5.41, 5.74) is 8.36. The molecule has 2 heteroatoms. The molecule has 94 valence electrons. The zero-order chi connectivity index (χ0) is 12.5. The van der Waals surface area contributed by atoms with Gasteiger partial charge in [0.2, 0.25) is 0 Å². The molecule has 2 atom stereocenters. The molecule has 3 N–H and O–H groups in total. The molecule has 2 rings (SSSR count). The van der Waals surface area contributed by atoms with Crippen LogP contribution in [0.25, 0.3) is 0 Å². The quantitative estimate of drug-likeness (QED) is 0.759. The van der Waals surface area contributed by atoms with E-state index in [0.717, 1.165) is 17.3 Å². The number of hydrogen-bond acceptors (Lipinski definition) is 2. The van der Waals surface area contributed by atoms with E-state index in [1.807, 2.05) is 18.2 Å². The first-order valence-corrected chi connectivity index (χ1v) is 6.57. The summed E-state index contributed by atoms with van der Waals surface area (Å²) in [6, 6.07) is 8.60. The second-order valence-electron chi connectivity index (χ2n) is 6.34. The van der Waals surface area contributed by atoms with E-state index in [0.29, 0.717) is 11.5 Å². The molecule has 1 aromatic carbocycles. The van der Waals surface area contributed by atoms with E-state index in [1.165, 1.54) is 19.3 Å². The maximum atomic E-state index is 5.98. The number of rotatable bonds is 2. The van der Waals surface area contributed by atoms with Crippen molar-refractivity contribution in [2.24, 2.45) is 11.3 Å². The van der Waals surface area contributed by atoms with Crippen molar-refractivity contribution in [2.75, 3.05) is 11.1 Å². The van der Waals surface area contributed by atoms with Gasteiger partial charge in [-0.2, -0.15) is 0 Å². The van der Waals surface area contributed by atoms with Crippen molar-refractivity contribution >= 4 is 11.4 Å². The number of nitrogens with two attached hydrogens (primary N) is 1. The van der Waals surface area contributed by atoms with Crippen LogP contribution in [-0.4, -0.2) is 6.04 Å². The molecule has 0 saturated heterocycles. The molecule has 1 aliphatic rings. The molecule has 0 radical (unpaired) electrons. The molecule has 1 saturated carbocycles. The Morgan fingerprint density at radius 3 is 2.59 bits per heavy atom. The Labute approximate surface area is 105 Å². The Bertz CT molecular complexity index is 384. The highest BCUT2D eigenvalue weighted by atomic mass is 14.9. The first-order valence-electron chi connectivity index (χ1n) is 6.57. The molecule has 1 fully saturated rings. The number of hydrogen-bond donors (Lipinski definition) is 2. The van der Waals surface area contributed by atoms with Crippen LogP contribution in [0.3, 0.4) is 0 Å². The molecule has 1 aliphatic carbocycles. The van der Waals surface area contributed by atoms with E-state index < -0.39 is 0 Å². The fourth-order valence-electron chi connectivity index (χ4n) is 3.30. The number of benzene rings is 1. The van der Waals surface area contributed by atoms with Crippen molar-refractivity contribution in [2.45, 2.75) is 46.1 Å². The van der Waals surface area contributed by atoms with Crippen molar-refractivity contribution in [3.05, 3.63) is 24.3 Å². The maximum Gasteiger partial charge on any atom is 0.0576 e. The number of nitrogens with one attached hydrogen (secondary N) is 1. The molecular weight excluding hydrogens is 208 g/mol. The third-order valence-electron chi connectivity index (χ3n) is 3.71. The average molecular weight is 232 g/mol. The summed E-state index contributed by atoms with van der Waals surface area (Å²) in [4.78, 5) is 0. The van der Waals surface area contributed by atoms with Crippen LogP contribution >= 0.6 is 0 Å². The molecular formula is C15H24N2. The summed E-state index contributed by atoms with van der Waals surface area (Å²) >= 11 is 0. The Hall–Kier alpha value is -1.18. The van der Waals surface area contributed by atoms with E-state index >= 15 is 0 Å². The van der Waals surface area contributed by atoms with Crippen molar-refractivity contribution in [1.29, 1.82) is 0 Å². The molecule has 0 unspecified atom stereocenters. The lowest BCUT2D eigenvalue weighted by molar-refractivity contribution is 0.178. The Morgan fingerprint density at radius 1 is 1.24 bits per heavy atom. The zero-order valence-electron chi connectivity index (χ0n) is 11.2. The molecule has 0 aromatic heterocycles. The van der Waals surface area contributed by atoms with Crippen LogP contribution in [0.5, 0.6) is 0 Å². The smallest absolute Gasteiger partial charge is 0.0576 e. The highest BCUT2D eigenvalue weighted by molar-refractivity contribution is 5.66. The van der Waals surface area contributed by atoms with Gasteiger partial charge < -0.3 is 11.1 Å². The van der Waals surface area contributed by atoms with Gasteiger partial charge in [-0.15, -0.1) is 0 Å². The molecule has 0 bridgehead atoms. The van der Waals surface area contributed by atoms with Crippen molar-refractivity contribution in [3.63, 3.8) is 0 Å². The summed E-state index contributed by atoms with van der Waals surface area (Å²) < 4.78 is 0. The molecule has 1 aromatic rings. The third kappa shape index (κ3) is 3.15. The van der Waals surface area contributed by atoms with Crippen molar-refractivity contribution in [3.8, 4) is 0 Å². The van der Waals surface area contributed by atoms with E-state index in [2.05, 4.69) is 32.2 Å². The predicted molar refractivity (Wildman–Crippen MR) is 75.1 cm³/mol. The van der Waals surface area contributed by atoms with Gasteiger partial charge in [-0.3, -0.25) is 0 Å². The minimum absolute atomic E-state index is 0.443. The lowest BCUT2D eigenvalue weighted by Gasteiger charge is -2.39. The fraction of sp³-hybridized carbons (Fsp3) is 0.600. The summed E-state index contributed by atoms with van der Waals surface area (Å²) in [5.74, 6) is 0.793. The van der Waals surface area contributed by atoms with Gasteiger partial charge in [0.25, 0.3) is 0 Å². The van der Waals surface area contributed by atoms with E-state index in [-0.39, 0.29) is 0 Å². The van der Waals surface area contributed by atoms with Gasteiger partial charge in [0, 0.05) is 6.04 Å². The van der Waals surface area contributed by atoms with Crippen LogP contribution in [0.2, 0.25) is 0 Å². The SMILES string of the molecule is C[C@@H]1C[C@H](Nc2ccccc2N)CC(C)(C)C1. The van der Waals surface area contributed by atoms with Gasteiger partial charge in [-0.1, -0.05) is 32.9 Å². The Balaban J connectivity index is 2.06. The highest BCUT2D eigenvalue weighted by Gasteiger charge is 2.31. The van der Waals surface area contributed by atoms with E-state index in [4.69, 9.17) is 5.73 Å². The van der Waals surface area contributed by atoms with Gasteiger partial charge in [-0.05, 0) is 42.7 Å². The number of para-hydroxylation sites is 2. The lowest BCUT2D eigenvalue weighted by atomic mass is 9.70. The molecule has 17 heavy (non-hydrogen) atoms. The van der Waals surface area contributed by atoms with Crippen molar-refractivity contribution < 1.29 is 0 Å². The molecule has 0 heterocycles. The van der Waals surface area contributed by atoms with Crippen LogP contribution in [0.4, 0.5) is 11.4 Å². The summed E-state index contributed by atoms with van der Waals surface area (Å²) in [6.07, 6.45) is 3.80. The summed E-state index contributed by atoms with van der Waals surface area (Å²) in [6.45, 7) is 7.08. The second kappa shape index (κ2) is 4.59. The van der Waals surface area contributed by atoms with Crippen LogP contribution < -0.4 is 11.1 Å². The normalized spacial score (nSPS) is 27.7. The average Bonchev–Trinajstić information content (AvgIpc) is 2.18. The topological polar surface area (TPSA) is 38.0 Å². The first-order chi connectivity index (χ1) is 7.96. The van der Waals surface area contributed by atoms with Gasteiger partial charge in [-0.25, -0.2) is 0 Å². The fourth-order valence-corrected chi connectivity index (χ4v) is 3.30. The minimum atomic E-state index is 0.443. The van der Waals surface area contributed by atoms with Crippen molar-refractivity contribution in [1.82, 2.24) is 0 Å². The van der Waals surface area contributed by atoms with Crippen LogP contribution in [-0.2, 0) is 0 Å². The van der Waals surface area contributed by atoms with Crippen LogP contribution in [0.15, 0.2) is 24.3 Å². The van der Waals surface area contributed by atoms with Gasteiger partial charge in [0.15, 0.2) is 0 Å². The third-order valence-corrected chi connectivity index (χ3v) is 3.71. The Kier molecular flexibility index (Phi) is 3.32. The second-order valence-corrected chi connectivity index (χ2v) is 6.34. The Morgan fingerprint density at radius 2 is 1.94 bits per heavy atom. The number of nitrogen functional groups attached to an aromatic ring is 1. The van der Waals surface area contributed by atoms with E-state index in [1.54, 1.807) is 0 Å². The van der Waals surface area contributed by atoms with E-state index in [9.17, 15) is 0 Å². The summed E-state index contributed by atoms with van der Waals surface area (Å²) in [5, 5.41) is 3.61. The van der Waals surface area contributed by atoms with Gasteiger partial charge in [0.05, 0.1) is 11.4 Å². The van der Waals surface area contributed by atoms with Crippen LogP contribution in [0.1, 0.15) is 40.0 Å². The first kappa shape index (κ1) is 12.3.